The molecule has 31 heavy (non-hydrogen) atoms. The Bertz CT molecular complexity index is 1070. The number of nitrogens with two attached hydrogens (primary N) is 2. The average Bonchev–Trinajstić information content (AvgIpc) is 2.69. The molecule has 0 fully saturated rings. The van der Waals surface area contributed by atoms with Gasteiger partial charge in [-0.25, -0.2) is 14.6 Å². The monoisotopic (exact) mass is 427 g/mol. The van der Waals surface area contributed by atoms with Crippen LogP contribution in [-0.4, -0.2) is 40.7 Å². The predicted octanol–water partition coefficient (Wildman–Crippen LogP) is 1.85. The van der Waals surface area contributed by atoms with Crippen molar-refractivity contribution in [2.75, 3.05) is 6.61 Å². The van der Waals surface area contributed by atoms with Gasteiger partial charge in [0.2, 0.25) is 0 Å². The lowest BCUT2D eigenvalue weighted by Gasteiger charge is -2.19. The molecule has 0 saturated heterocycles. The predicted molar refractivity (Wildman–Crippen MR) is 110 cm³/mol. The number of aryl methyl sites for hydroxylation is 2. The second-order valence-electron chi connectivity index (χ2n) is 6.85. The van der Waals surface area contributed by atoms with Gasteiger partial charge in [0.15, 0.2) is 17.5 Å². The molecule has 0 spiro atoms. The molecule has 10 nitrogen and oxygen atoms in total. The fourth-order valence-electron chi connectivity index (χ4n) is 3.31. The summed E-state index contributed by atoms with van der Waals surface area (Å²) in [6.07, 6.45) is 0.667. The number of aromatic carboxylic acids is 1. The topological polar surface area (TPSA) is 175 Å². The summed E-state index contributed by atoms with van der Waals surface area (Å²) in [6.45, 7) is 0.152. The zero-order chi connectivity index (χ0) is 22.5. The molecule has 10 heteroatoms. The maximum atomic E-state index is 12.8. The number of nitrogens with zero attached hydrogens (tertiary/aromatic N) is 1. The van der Waals surface area contributed by atoms with Gasteiger partial charge in [0.05, 0.1) is 17.9 Å². The Kier molecular flexibility index (Phi) is 6.39. The Morgan fingerprint density at radius 2 is 1.90 bits per heavy atom. The molecule has 0 amide bonds. The number of benzene rings is 2. The second-order valence-corrected chi connectivity index (χ2v) is 6.85. The van der Waals surface area contributed by atoms with Gasteiger partial charge >= 0.3 is 17.9 Å². The van der Waals surface area contributed by atoms with E-state index in [9.17, 15) is 19.5 Å². The first-order chi connectivity index (χ1) is 14.8. The summed E-state index contributed by atoms with van der Waals surface area (Å²) in [7, 11) is 0. The number of carbonyl (C=O) groups is 3. The maximum Gasteiger partial charge on any atom is 0.343 e. The van der Waals surface area contributed by atoms with Gasteiger partial charge in [-0.15, -0.1) is 0 Å². The molecule has 0 bridgehead atoms. The van der Waals surface area contributed by atoms with Gasteiger partial charge < -0.3 is 31.2 Å². The molecule has 0 saturated carbocycles. The molecule has 1 aliphatic heterocycles. The normalized spacial score (nSPS) is 13.1. The Labute approximate surface area is 177 Å². The molecule has 3 rings (SSSR count). The Balaban J connectivity index is 2.02. The number of carboxylic acid groups (broad SMARTS) is 2. The molecule has 6 N–H and O–H groups in total. The number of rotatable bonds is 5. The van der Waals surface area contributed by atoms with Crippen LogP contribution in [0, 0.1) is 0 Å². The number of hydrogen-bond acceptors (Lipinski definition) is 6. The first kappa shape index (κ1) is 21.6. The quantitative estimate of drug-likeness (QED) is 0.240. The lowest BCUT2D eigenvalue weighted by Crippen LogP contribution is -2.22. The van der Waals surface area contributed by atoms with Crippen LogP contribution in [0.2, 0.25) is 0 Å². The van der Waals surface area contributed by atoms with Gasteiger partial charge in [-0.3, -0.25) is 4.79 Å². The van der Waals surface area contributed by atoms with E-state index in [1.54, 1.807) is 18.2 Å². The fourth-order valence-corrected chi connectivity index (χ4v) is 3.31. The van der Waals surface area contributed by atoms with Crippen LogP contribution in [0.15, 0.2) is 35.3 Å². The van der Waals surface area contributed by atoms with Crippen molar-refractivity contribution >= 4 is 29.6 Å². The number of esters is 1. The zero-order valence-corrected chi connectivity index (χ0v) is 16.5. The molecule has 2 aromatic rings. The number of fused-ring (bicyclic) bond motifs is 2. The smallest absolute Gasteiger partial charge is 0.343 e. The first-order valence-electron chi connectivity index (χ1n) is 9.44. The number of ether oxygens (including phenoxy) is 2. The number of carbonyl (C=O) groups excluding carboxylic acids is 1. The van der Waals surface area contributed by atoms with Crippen molar-refractivity contribution in [1.29, 1.82) is 0 Å². The highest BCUT2D eigenvalue weighted by molar-refractivity contribution is 5.97. The Morgan fingerprint density at radius 1 is 1.13 bits per heavy atom. The van der Waals surface area contributed by atoms with E-state index in [1.165, 1.54) is 12.1 Å². The zero-order valence-electron chi connectivity index (χ0n) is 16.5. The SMILES string of the molecule is NC(N)=Nc1ccc2c(c1)CCCOc1c(ccc(CCC(=O)O)c1C(=O)O)OC2=O. The highest BCUT2D eigenvalue weighted by Gasteiger charge is 2.25. The summed E-state index contributed by atoms with van der Waals surface area (Å²) >= 11 is 0. The van der Waals surface area contributed by atoms with Crippen molar-refractivity contribution in [3.05, 3.63) is 52.6 Å². The summed E-state index contributed by atoms with van der Waals surface area (Å²) in [4.78, 5) is 39.6. The Hall–Kier alpha value is -4.08. The van der Waals surface area contributed by atoms with Crippen LogP contribution in [0.5, 0.6) is 11.5 Å². The van der Waals surface area contributed by atoms with E-state index in [0.29, 0.717) is 29.7 Å². The van der Waals surface area contributed by atoms with Crippen LogP contribution in [-0.2, 0) is 17.6 Å². The van der Waals surface area contributed by atoms with Crippen molar-refractivity contribution in [3.8, 4) is 11.5 Å². The maximum absolute atomic E-state index is 12.8. The fraction of sp³-hybridized carbons (Fsp3) is 0.238. The minimum absolute atomic E-state index is 0.00203. The third kappa shape index (κ3) is 5.10. The minimum atomic E-state index is -1.30. The molecule has 1 aliphatic rings. The summed E-state index contributed by atoms with van der Waals surface area (Å²) in [5.41, 5.74) is 12.3. The number of guanidine groups is 1. The van der Waals surface area contributed by atoms with E-state index < -0.39 is 17.9 Å². The molecule has 0 atom stereocenters. The molecule has 1 heterocycles. The average molecular weight is 427 g/mol. The van der Waals surface area contributed by atoms with Crippen LogP contribution in [0.3, 0.4) is 0 Å². The van der Waals surface area contributed by atoms with Crippen LogP contribution in [0.1, 0.15) is 44.7 Å². The van der Waals surface area contributed by atoms with E-state index in [0.717, 1.165) is 0 Å². The lowest BCUT2D eigenvalue weighted by molar-refractivity contribution is -0.136. The molecular formula is C21H21N3O7. The van der Waals surface area contributed by atoms with Gasteiger partial charge in [0.25, 0.3) is 0 Å². The number of aliphatic carboxylic acids is 1. The van der Waals surface area contributed by atoms with Crippen molar-refractivity contribution < 1.29 is 34.1 Å². The summed E-state index contributed by atoms with van der Waals surface area (Å²) < 4.78 is 11.2. The summed E-state index contributed by atoms with van der Waals surface area (Å²) in [5, 5.41) is 18.6. The minimum Gasteiger partial charge on any atom is -0.489 e. The van der Waals surface area contributed by atoms with E-state index >= 15 is 0 Å². The number of hydrogen-bond donors (Lipinski definition) is 4. The molecule has 0 radical (unpaired) electrons. The van der Waals surface area contributed by atoms with Crippen LogP contribution in [0.4, 0.5) is 5.69 Å². The highest BCUT2D eigenvalue weighted by Crippen LogP contribution is 2.36. The second kappa shape index (κ2) is 9.16. The van der Waals surface area contributed by atoms with E-state index in [-0.39, 0.29) is 48.0 Å². The van der Waals surface area contributed by atoms with Gasteiger partial charge in [-0.2, -0.15) is 0 Å². The highest BCUT2D eigenvalue weighted by atomic mass is 16.6. The largest absolute Gasteiger partial charge is 0.489 e. The van der Waals surface area contributed by atoms with Gasteiger partial charge in [0.1, 0.15) is 5.56 Å². The molecule has 0 unspecified atom stereocenters. The molecular weight excluding hydrogens is 406 g/mol. The number of aliphatic imine (C=N–C) groups is 1. The summed E-state index contributed by atoms with van der Waals surface area (Å²) in [5.74, 6) is -3.30. The van der Waals surface area contributed by atoms with E-state index in [2.05, 4.69) is 4.99 Å². The van der Waals surface area contributed by atoms with E-state index in [1.807, 2.05) is 0 Å². The van der Waals surface area contributed by atoms with Gasteiger partial charge in [-0.05, 0) is 54.7 Å². The Morgan fingerprint density at radius 3 is 2.58 bits per heavy atom. The van der Waals surface area contributed by atoms with Crippen molar-refractivity contribution in [2.24, 2.45) is 16.5 Å². The molecule has 0 aromatic heterocycles. The molecule has 162 valence electrons. The first-order valence-corrected chi connectivity index (χ1v) is 9.44. The van der Waals surface area contributed by atoms with Crippen molar-refractivity contribution in [3.63, 3.8) is 0 Å². The van der Waals surface area contributed by atoms with Gasteiger partial charge in [0, 0.05) is 6.42 Å². The van der Waals surface area contributed by atoms with Crippen molar-refractivity contribution in [2.45, 2.75) is 25.7 Å². The van der Waals surface area contributed by atoms with Gasteiger partial charge in [-0.1, -0.05) is 6.07 Å². The van der Waals surface area contributed by atoms with Crippen LogP contribution in [0.25, 0.3) is 0 Å². The standard InChI is InChI=1S/C21H21N3O7/c22-21(23)24-13-5-6-14-12(10-13)2-1-9-30-18-15(31-20(14)29)7-3-11(4-8-16(25)26)17(18)19(27)28/h3,5-7,10H,1-2,4,8-9H2,(H,25,26)(H,27,28)(H4,22,23,24). The summed E-state index contributed by atoms with van der Waals surface area (Å²) in [6, 6.07) is 7.63. The number of carboxylic acids is 2. The van der Waals surface area contributed by atoms with Crippen LogP contribution >= 0.6 is 0 Å². The lowest BCUT2D eigenvalue weighted by atomic mass is 10.00. The molecule has 2 aromatic carbocycles. The third-order valence-electron chi connectivity index (χ3n) is 4.64. The van der Waals surface area contributed by atoms with Crippen molar-refractivity contribution in [1.82, 2.24) is 0 Å². The van der Waals surface area contributed by atoms with E-state index in [4.69, 9.17) is 26.0 Å². The van der Waals surface area contributed by atoms with Crippen LogP contribution < -0.4 is 20.9 Å². The third-order valence-corrected chi connectivity index (χ3v) is 4.64. The molecule has 0 aliphatic carbocycles.